The van der Waals surface area contributed by atoms with Gasteiger partial charge < -0.3 is 18.9 Å². The summed E-state index contributed by atoms with van der Waals surface area (Å²) in [5, 5.41) is 4.07. The van der Waals surface area contributed by atoms with Crippen molar-refractivity contribution in [1.82, 2.24) is 10.1 Å². The molecule has 178 valence electrons. The van der Waals surface area contributed by atoms with Gasteiger partial charge in [0.1, 0.15) is 11.4 Å². The van der Waals surface area contributed by atoms with Crippen LogP contribution in [0.15, 0.2) is 59.1 Å². The van der Waals surface area contributed by atoms with Crippen LogP contribution >= 0.6 is 0 Å². The Morgan fingerprint density at radius 2 is 1.91 bits per heavy atom. The van der Waals surface area contributed by atoms with Gasteiger partial charge in [-0.05, 0) is 49.2 Å². The summed E-state index contributed by atoms with van der Waals surface area (Å²) in [6.07, 6.45) is 1.93. The lowest BCUT2D eigenvalue weighted by molar-refractivity contribution is -0.159. The highest BCUT2D eigenvalue weighted by Gasteiger charge is 2.64. The van der Waals surface area contributed by atoms with Crippen molar-refractivity contribution < 1.29 is 28.4 Å². The lowest BCUT2D eigenvalue weighted by Crippen LogP contribution is -2.69. The van der Waals surface area contributed by atoms with Crippen molar-refractivity contribution in [3.05, 3.63) is 65.9 Å². The number of nitrogens with zero attached hydrogens (tertiary/aromatic N) is 3. The molecule has 6 rings (SSSR count). The van der Waals surface area contributed by atoms with Gasteiger partial charge in [0, 0.05) is 30.5 Å². The fourth-order valence-electron chi connectivity index (χ4n) is 5.04. The van der Waals surface area contributed by atoms with Crippen molar-refractivity contribution in [3.63, 3.8) is 0 Å². The molecule has 0 bridgehead atoms. The van der Waals surface area contributed by atoms with Crippen LogP contribution in [-0.4, -0.2) is 46.7 Å². The molecule has 2 aliphatic heterocycles. The third-order valence-corrected chi connectivity index (χ3v) is 6.83. The topological polar surface area (TPSA) is 102 Å². The van der Waals surface area contributed by atoms with Gasteiger partial charge in [0.05, 0.1) is 18.4 Å². The molecule has 3 aliphatic rings. The molecule has 3 heterocycles. The Labute approximate surface area is 201 Å². The smallest absolute Gasteiger partial charge is 0.354 e. The summed E-state index contributed by atoms with van der Waals surface area (Å²) in [6.45, 7) is -0.167. The number of benzene rings is 2. The second-order valence-electron chi connectivity index (χ2n) is 8.95. The largest absolute Gasteiger partial charge is 0.497 e. The Morgan fingerprint density at radius 3 is 2.66 bits per heavy atom. The Kier molecular flexibility index (Phi) is 4.87. The van der Waals surface area contributed by atoms with Gasteiger partial charge in [-0.15, -0.1) is 0 Å². The van der Waals surface area contributed by atoms with Gasteiger partial charge in [0.15, 0.2) is 12.4 Å². The van der Waals surface area contributed by atoms with Crippen molar-refractivity contribution in [2.24, 2.45) is 0 Å². The van der Waals surface area contributed by atoms with Crippen LogP contribution in [0.2, 0.25) is 0 Å². The van der Waals surface area contributed by atoms with E-state index < -0.39 is 11.6 Å². The number of hydrogen-bond acceptors (Lipinski definition) is 7. The molecule has 1 atom stereocenters. The van der Waals surface area contributed by atoms with E-state index in [1.807, 2.05) is 24.3 Å². The minimum absolute atomic E-state index is 0.0937. The van der Waals surface area contributed by atoms with E-state index in [1.54, 1.807) is 42.3 Å². The van der Waals surface area contributed by atoms with Crippen LogP contribution in [0.1, 0.15) is 41.8 Å². The van der Waals surface area contributed by atoms with Crippen LogP contribution in [-0.2, 0) is 20.9 Å². The van der Waals surface area contributed by atoms with E-state index >= 15 is 0 Å². The maximum atomic E-state index is 13.7. The monoisotopic (exact) mass is 473 g/mol. The van der Waals surface area contributed by atoms with Crippen LogP contribution in [0.3, 0.4) is 0 Å². The molecule has 9 nitrogen and oxygen atoms in total. The highest BCUT2D eigenvalue weighted by molar-refractivity contribution is 6.15. The van der Waals surface area contributed by atoms with E-state index in [0.29, 0.717) is 22.7 Å². The van der Waals surface area contributed by atoms with Gasteiger partial charge in [-0.2, -0.15) is 0 Å². The average Bonchev–Trinajstić information content (AvgIpc) is 3.49. The molecule has 2 aromatic carbocycles. The number of methoxy groups -OCH3 is 1. The average molecular weight is 473 g/mol. The third kappa shape index (κ3) is 3.30. The summed E-state index contributed by atoms with van der Waals surface area (Å²) in [5.41, 5.74) is 0.819. The molecule has 1 aliphatic carbocycles. The first-order valence-electron chi connectivity index (χ1n) is 11.6. The van der Waals surface area contributed by atoms with E-state index in [2.05, 4.69) is 5.16 Å². The van der Waals surface area contributed by atoms with Crippen LogP contribution in [0.4, 0.5) is 5.69 Å². The number of carbonyl (C=O) groups is 3. The van der Waals surface area contributed by atoms with E-state index in [9.17, 15) is 14.4 Å². The normalized spacial score (nSPS) is 21.1. The number of anilines is 1. The number of fused-ring (bicyclic) bond motifs is 3. The number of para-hydroxylation sites is 1. The molecule has 1 saturated carbocycles. The summed E-state index contributed by atoms with van der Waals surface area (Å²) in [6, 6.07) is 15.9. The molecular weight excluding hydrogens is 450 g/mol. The first-order valence-corrected chi connectivity index (χ1v) is 11.6. The summed E-state index contributed by atoms with van der Waals surface area (Å²) in [5.74, 6) is 0.00375. The third-order valence-electron chi connectivity index (χ3n) is 6.83. The van der Waals surface area contributed by atoms with Gasteiger partial charge >= 0.3 is 5.97 Å². The summed E-state index contributed by atoms with van der Waals surface area (Å²) in [7, 11) is 1.60. The highest BCUT2D eigenvalue weighted by Crippen LogP contribution is 2.49. The minimum atomic E-state index is -1.48. The van der Waals surface area contributed by atoms with Crippen LogP contribution < -0.4 is 9.64 Å². The fraction of sp³-hybridized carbons (Fsp3) is 0.308. The first kappa shape index (κ1) is 21.4. The molecule has 1 aromatic heterocycles. The van der Waals surface area contributed by atoms with E-state index in [1.165, 1.54) is 4.90 Å². The van der Waals surface area contributed by atoms with E-state index in [-0.39, 0.29) is 37.3 Å². The summed E-state index contributed by atoms with van der Waals surface area (Å²) >= 11 is 0. The lowest BCUT2D eigenvalue weighted by atomic mass is 9.96. The van der Waals surface area contributed by atoms with Crippen LogP contribution in [0, 0.1) is 0 Å². The standard InChI is InChI=1S/C26H23N3O6/c1-33-18-10-6-16(7-11-18)21-14-19(35-27-21)15-34-25(32)26-13-12-23(30)29(26)22-5-3-2-4-20(22)24(31)28(26)17-8-9-17/h2-7,10-11,14,17H,8-9,12-13,15H2,1H3. The van der Waals surface area contributed by atoms with E-state index in [0.717, 1.165) is 24.2 Å². The zero-order chi connectivity index (χ0) is 24.2. The zero-order valence-corrected chi connectivity index (χ0v) is 19.1. The predicted molar refractivity (Wildman–Crippen MR) is 123 cm³/mol. The van der Waals surface area contributed by atoms with Crippen LogP contribution in [0.5, 0.6) is 5.75 Å². The molecule has 9 heteroatoms. The minimum Gasteiger partial charge on any atom is -0.497 e. The number of carbonyl (C=O) groups excluding carboxylic acids is 3. The number of rotatable bonds is 6. The first-order chi connectivity index (χ1) is 17.0. The van der Waals surface area contributed by atoms with Crippen molar-refractivity contribution in [2.75, 3.05) is 12.0 Å². The van der Waals surface area contributed by atoms with Crippen molar-refractivity contribution in [1.29, 1.82) is 0 Å². The molecule has 3 aromatic rings. The molecule has 2 amide bonds. The predicted octanol–water partition coefficient (Wildman–Crippen LogP) is 3.53. The highest BCUT2D eigenvalue weighted by atomic mass is 16.6. The Hall–Kier alpha value is -4.14. The number of hydrogen-bond donors (Lipinski definition) is 0. The molecule has 35 heavy (non-hydrogen) atoms. The van der Waals surface area contributed by atoms with Crippen molar-refractivity contribution in [3.8, 4) is 17.0 Å². The molecule has 1 saturated heterocycles. The SMILES string of the molecule is COc1ccc(-c2cc(COC(=O)C34CCC(=O)N3c3ccccc3C(=O)N4C3CC3)on2)cc1. The second-order valence-corrected chi connectivity index (χ2v) is 8.95. The second kappa shape index (κ2) is 7.97. The number of ether oxygens (including phenoxy) is 2. The summed E-state index contributed by atoms with van der Waals surface area (Å²) < 4.78 is 16.3. The maximum absolute atomic E-state index is 13.7. The Morgan fingerprint density at radius 1 is 1.14 bits per heavy atom. The van der Waals surface area contributed by atoms with Crippen molar-refractivity contribution in [2.45, 2.75) is 44.0 Å². The number of aromatic nitrogens is 1. The lowest BCUT2D eigenvalue weighted by Gasteiger charge is -2.48. The quantitative estimate of drug-likeness (QED) is 0.505. The molecule has 1 unspecified atom stereocenters. The van der Waals surface area contributed by atoms with E-state index in [4.69, 9.17) is 14.0 Å². The van der Waals surface area contributed by atoms with Gasteiger partial charge in [-0.3, -0.25) is 14.5 Å². The maximum Gasteiger partial charge on any atom is 0.354 e. The molecule has 0 radical (unpaired) electrons. The summed E-state index contributed by atoms with van der Waals surface area (Å²) in [4.78, 5) is 43.2. The zero-order valence-electron chi connectivity index (χ0n) is 19.1. The van der Waals surface area contributed by atoms with Gasteiger partial charge in [0.2, 0.25) is 11.6 Å². The van der Waals surface area contributed by atoms with Gasteiger partial charge in [-0.25, -0.2) is 4.79 Å². The number of amides is 2. The van der Waals surface area contributed by atoms with Gasteiger partial charge in [-0.1, -0.05) is 17.3 Å². The van der Waals surface area contributed by atoms with Crippen LogP contribution in [0.25, 0.3) is 11.3 Å². The molecule has 0 N–H and O–H groups in total. The fourth-order valence-corrected chi connectivity index (χ4v) is 5.04. The molecule has 0 spiro atoms. The Balaban J connectivity index is 1.28. The van der Waals surface area contributed by atoms with Gasteiger partial charge in [0.25, 0.3) is 5.91 Å². The van der Waals surface area contributed by atoms with Crippen molar-refractivity contribution >= 4 is 23.5 Å². The molecular formula is C26H23N3O6. The molecule has 2 fully saturated rings. The number of esters is 1. The Bertz CT molecular complexity index is 1330.